The minimum atomic E-state index is -0.394. The van der Waals surface area contributed by atoms with Crippen molar-refractivity contribution >= 4 is 18.4 Å². The molecular weight excluding hydrogens is 254 g/mol. The fourth-order valence-corrected chi connectivity index (χ4v) is 2.04. The van der Waals surface area contributed by atoms with Crippen LogP contribution in [0.15, 0.2) is 12.1 Å². The largest absolute Gasteiger partial charge is 0.508 e. The number of hydrogen-bond acceptors (Lipinski definition) is 4. The highest BCUT2D eigenvalue weighted by atomic mass is 35.5. The van der Waals surface area contributed by atoms with Gasteiger partial charge in [-0.3, -0.25) is 4.79 Å². The van der Waals surface area contributed by atoms with Crippen LogP contribution < -0.4 is 5.73 Å². The Balaban J connectivity index is 0.00000289. The highest BCUT2D eigenvalue weighted by molar-refractivity contribution is 5.85. The number of nitrogens with two attached hydrogens (primary N) is 1. The first-order valence-corrected chi connectivity index (χ1v) is 5.67. The van der Waals surface area contributed by atoms with Crippen molar-refractivity contribution in [2.75, 3.05) is 6.61 Å². The van der Waals surface area contributed by atoms with E-state index in [4.69, 9.17) is 10.5 Å². The van der Waals surface area contributed by atoms with Gasteiger partial charge in [0.1, 0.15) is 5.75 Å². The summed E-state index contributed by atoms with van der Waals surface area (Å²) in [6.45, 7) is 5.86. The van der Waals surface area contributed by atoms with Crippen molar-refractivity contribution in [3.05, 3.63) is 28.8 Å². The lowest BCUT2D eigenvalue weighted by Gasteiger charge is -2.17. The first-order valence-electron chi connectivity index (χ1n) is 5.67. The lowest BCUT2D eigenvalue weighted by molar-refractivity contribution is -0.143. The maximum atomic E-state index is 11.4. The maximum Gasteiger partial charge on any atom is 0.307 e. The molecule has 0 aliphatic carbocycles. The summed E-state index contributed by atoms with van der Waals surface area (Å²) in [7, 11) is 0. The number of benzene rings is 1. The fourth-order valence-electron chi connectivity index (χ4n) is 2.04. The second kappa shape index (κ2) is 7.24. The van der Waals surface area contributed by atoms with Gasteiger partial charge in [-0.25, -0.2) is 0 Å². The molecule has 0 saturated heterocycles. The molecule has 1 aromatic carbocycles. The number of carbonyl (C=O) groups is 1. The number of aromatic hydroxyl groups is 1. The lowest BCUT2D eigenvalue weighted by Crippen LogP contribution is -2.19. The number of carbonyl (C=O) groups excluding carboxylic acids is 1. The van der Waals surface area contributed by atoms with Gasteiger partial charge in [0, 0.05) is 6.04 Å². The SMILES string of the molecule is CCOC(=O)C[C@H](N)c1c(C)cc(O)cc1C.Cl. The lowest BCUT2D eigenvalue weighted by atomic mass is 9.94. The van der Waals surface area contributed by atoms with Crippen LogP contribution in [0.2, 0.25) is 0 Å². The maximum absolute atomic E-state index is 11.4. The summed E-state index contributed by atoms with van der Waals surface area (Å²) in [4.78, 5) is 11.4. The Morgan fingerprint density at radius 2 is 1.89 bits per heavy atom. The zero-order valence-electron chi connectivity index (χ0n) is 10.9. The van der Waals surface area contributed by atoms with Crippen LogP contribution in [-0.4, -0.2) is 17.7 Å². The molecule has 4 nitrogen and oxygen atoms in total. The standard InChI is InChI=1S/C13H19NO3.ClH/c1-4-17-12(16)7-11(14)13-8(2)5-10(15)6-9(13)3;/h5-6,11,15H,4,7,14H2,1-3H3;1H/t11-;/m0./s1. The first-order chi connectivity index (χ1) is 7.95. The Bertz CT molecular complexity index is 398. The number of esters is 1. The molecule has 0 aliphatic rings. The smallest absolute Gasteiger partial charge is 0.307 e. The number of ether oxygens (including phenoxy) is 1. The second-order valence-corrected chi connectivity index (χ2v) is 4.11. The second-order valence-electron chi connectivity index (χ2n) is 4.11. The minimum Gasteiger partial charge on any atom is -0.508 e. The molecule has 0 bridgehead atoms. The molecule has 0 radical (unpaired) electrons. The van der Waals surface area contributed by atoms with Crippen LogP contribution in [0.3, 0.4) is 0 Å². The number of halogens is 1. The molecule has 0 amide bonds. The summed E-state index contributed by atoms with van der Waals surface area (Å²) >= 11 is 0. The molecule has 0 unspecified atom stereocenters. The monoisotopic (exact) mass is 273 g/mol. The fraction of sp³-hybridized carbons (Fsp3) is 0.462. The van der Waals surface area contributed by atoms with Gasteiger partial charge in [0.2, 0.25) is 0 Å². The molecule has 0 aliphatic heterocycles. The van der Waals surface area contributed by atoms with Crippen LogP contribution in [0, 0.1) is 13.8 Å². The van der Waals surface area contributed by atoms with Crippen molar-refractivity contribution in [2.24, 2.45) is 5.73 Å². The van der Waals surface area contributed by atoms with E-state index in [-0.39, 0.29) is 30.5 Å². The number of phenols is 1. The van der Waals surface area contributed by atoms with Gasteiger partial charge in [-0.15, -0.1) is 12.4 Å². The van der Waals surface area contributed by atoms with Gasteiger partial charge in [0.25, 0.3) is 0 Å². The van der Waals surface area contributed by atoms with Crippen LogP contribution in [0.4, 0.5) is 0 Å². The summed E-state index contributed by atoms with van der Waals surface area (Å²) in [5, 5.41) is 9.43. The number of aryl methyl sites for hydroxylation is 2. The molecule has 5 heteroatoms. The Hall–Kier alpha value is -1.26. The van der Waals surface area contributed by atoms with Gasteiger partial charge in [-0.05, 0) is 49.6 Å². The zero-order valence-corrected chi connectivity index (χ0v) is 11.7. The van der Waals surface area contributed by atoms with E-state index >= 15 is 0 Å². The summed E-state index contributed by atoms with van der Waals surface area (Å²) < 4.78 is 4.87. The molecule has 18 heavy (non-hydrogen) atoms. The zero-order chi connectivity index (χ0) is 13.0. The molecule has 0 fully saturated rings. The number of rotatable bonds is 4. The van der Waals surface area contributed by atoms with E-state index in [0.29, 0.717) is 6.61 Å². The van der Waals surface area contributed by atoms with Gasteiger partial charge >= 0.3 is 5.97 Å². The average molecular weight is 274 g/mol. The van der Waals surface area contributed by atoms with Crippen molar-refractivity contribution in [1.82, 2.24) is 0 Å². The summed E-state index contributed by atoms with van der Waals surface area (Å²) in [5.74, 6) is -0.0843. The molecule has 0 saturated carbocycles. The highest BCUT2D eigenvalue weighted by Crippen LogP contribution is 2.26. The Kier molecular flexibility index (Phi) is 6.73. The van der Waals surface area contributed by atoms with Gasteiger partial charge < -0.3 is 15.6 Å². The van der Waals surface area contributed by atoms with Crippen molar-refractivity contribution in [3.63, 3.8) is 0 Å². The van der Waals surface area contributed by atoms with E-state index in [1.165, 1.54) is 0 Å². The van der Waals surface area contributed by atoms with Crippen molar-refractivity contribution in [3.8, 4) is 5.75 Å². The molecule has 0 spiro atoms. The predicted octanol–water partition coefficient (Wildman–Crippen LogP) is 2.38. The van der Waals surface area contributed by atoms with Crippen molar-refractivity contribution in [1.29, 1.82) is 0 Å². The van der Waals surface area contributed by atoms with Crippen LogP contribution in [0.25, 0.3) is 0 Å². The first kappa shape index (κ1) is 16.7. The van der Waals surface area contributed by atoms with Crippen LogP contribution in [-0.2, 0) is 9.53 Å². The molecule has 3 N–H and O–H groups in total. The minimum absolute atomic E-state index is 0. The van der Waals surface area contributed by atoms with E-state index in [0.717, 1.165) is 16.7 Å². The molecule has 0 aromatic heterocycles. The van der Waals surface area contributed by atoms with E-state index in [9.17, 15) is 9.90 Å². The topological polar surface area (TPSA) is 72.5 Å². The molecule has 102 valence electrons. The van der Waals surface area contributed by atoms with Crippen LogP contribution in [0.5, 0.6) is 5.75 Å². The number of phenolic OH excluding ortho intramolecular Hbond substituents is 1. The third-order valence-corrected chi connectivity index (χ3v) is 2.64. The Morgan fingerprint density at radius 1 is 1.39 bits per heavy atom. The van der Waals surface area contributed by atoms with E-state index in [2.05, 4.69) is 0 Å². The van der Waals surface area contributed by atoms with Gasteiger partial charge in [-0.1, -0.05) is 0 Å². The van der Waals surface area contributed by atoms with Crippen molar-refractivity contribution in [2.45, 2.75) is 33.2 Å². The van der Waals surface area contributed by atoms with Crippen molar-refractivity contribution < 1.29 is 14.6 Å². The average Bonchev–Trinajstić information content (AvgIpc) is 2.15. The van der Waals surface area contributed by atoms with E-state index in [1.807, 2.05) is 13.8 Å². The predicted molar refractivity (Wildman–Crippen MR) is 73.0 cm³/mol. The Labute approximate surface area is 114 Å². The van der Waals surface area contributed by atoms with E-state index < -0.39 is 6.04 Å². The Morgan fingerprint density at radius 3 is 2.33 bits per heavy atom. The van der Waals surface area contributed by atoms with Gasteiger partial charge in [0.15, 0.2) is 0 Å². The molecule has 1 atom stereocenters. The molecule has 1 rings (SSSR count). The molecule has 1 aromatic rings. The van der Waals surface area contributed by atoms with Crippen LogP contribution >= 0.6 is 12.4 Å². The summed E-state index contributed by atoms with van der Waals surface area (Å²) in [6.07, 6.45) is 0.153. The third-order valence-electron chi connectivity index (χ3n) is 2.64. The van der Waals surface area contributed by atoms with Gasteiger partial charge in [0.05, 0.1) is 13.0 Å². The quantitative estimate of drug-likeness (QED) is 0.826. The third kappa shape index (κ3) is 4.20. The number of hydrogen-bond donors (Lipinski definition) is 2. The summed E-state index contributed by atoms with van der Waals surface area (Å²) in [6, 6.07) is 2.90. The molecular formula is C13H20ClNO3. The van der Waals surface area contributed by atoms with Crippen LogP contribution in [0.1, 0.15) is 36.1 Å². The van der Waals surface area contributed by atoms with Gasteiger partial charge in [-0.2, -0.15) is 0 Å². The molecule has 0 heterocycles. The summed E-state index contributed by atoms with van der Waals surface area (Å²) in [5.41, 5.74) is 8.67. The normalized spacial score (nSPS) is 11.6. The van der Waals surface area contributed by atoms with E-state index in [1.54, 1.807) is 19.1 Å². The highest BCUT2D eigenvalue weighted by Gasteiger charge is 2.17.